The topological polar surface area (TPSA) is 51.1 Å². The third-order valence-corrected chi connectivity index (χ3v) is 5.20. The molecule has 0 aromatic heterocycles. The lowest BCUT2D eigenvalue weighted by atomic mass is 9.77. The molecule has 0 saturated carbocycles. The summed E-state index contributed by atoms with van der Waals surface area (Å²) < 4.78 is 24.0. The highest BCUT2D eigenvalue weighted by atomic mass is 19.1. The minimum absolute atomic E-state index is 0.0273. The van der Waals surface area contributed by atoms with Gasteiger partial charge in [-0.15, -0.1) is 0 Å². The van der Waals surface area contributed by atoms with E-state index in [0.29, 0.717) is 0 Å². The van der Waals surface area contributed by atoms with Crippen LogP contribution in [0.3, 0.4) is 0 Å². The summed E-state index contributed by atoms with van der Waals surface area (Å²) in [5.74, 6) is 0.476. The molecule has 2 aliphatic rings. The van der Waals surface area contributed by atoms with Crippen LogP contribution in [0.2, 0.25) is 0 Å². The third-order valence-electron chi connectivity index (χ3n) is 5.20. The molecule has 4 rings (SSSR count). The van der Waals surface area contributed by atoms with Crippen LogP contribution >= 0.6 is 0 Å². The first-order valence-electron chi connectivity index (χ1n) is 9.09. The summed E-state index contributed by atoms with van der Waals surface area (Å²) in [6.07, 6.45) is 1.26. The molecule has 6 heteroatoms. The fraction of sp³-hybridized carbons (Fsp3) is 0.333. The Hall–Kier alpha value is -2.89. The van der Waals surface area contributed by atoms with E-state index in [1.54, 1.807) is 26.2 Å². The predicted octanol–water partition coefficient (Wildman–Crippen LogP) is 4.31. The Morgan fingerprint density at radius 3 is 2.74 bits per heavy atom. The number of hydrogen-bond donors (Lipinski definition) is 0. The standard InChI is InChI=1S/C21H21FN2O3/c1-3-27-21(25)24-20(14-4-8-15(22)9-5-14)17-11-7-13-6-10-16(26-2)12-18(13)19(17)23-24/h4-6,8-10,12,17,20H,3,7,11H2,1-2H3/t17-,20-/m0/s1. The van der Waals surface area contributed by atoms with Crippen molar-refractivity contribution in [2.24, 2.45) is 11.0 Å². The lowest BCUT2D eigenvalue weighted by Gasteiger charge is -2.29. The fourth-order valence-electron chi connectivity index (χ4n) is 3.95. The lowest BCUT2D eigenvalue weighted by molar-refractivity contribution is 0.0909. The van der Waals surface area contributed by atoms with Crippen molar-refractivity contribution < 1.29 is 18.7 Å². The van der Waals surface area contributed by atoms with Crippen LogP contribution in [-0.2, 0) is 11.2 Å². The smallest absolute Gasteiger partial charge is 0.430 e. The number of fused-ring (bicyclic) bond motifs is 3. The fourth-order valence-corrected chi connectivity index (χ4v) is 3.95. The molecule has 1 aliphatic carbocycles. The number of halogens is 1. The summed E-state index contributed by atoms with van der Waals surface area (Å²) in [7, 11) is 1.63. The van der Waals surface area contributed by atoms with Crippen molar-refractivity contribution in [2.75, 3.05) is 13.7 Å². The molecule has 0 bridgehead atoms. The summed E-state index contributed by atoms with van der Waals surface area (Å²) in [5, 5.41) is 6.06. The van der Waals surface area contributed by atoms with Gasteiger partial charge in [-0.05, 0) is 55.2 Å². The molecule has 2 aromatic carbocycles. The molecule has 140 valence electrons. The number of hydrazone groups is 1. The highest BCUT2D eigenvalue weighted by molar-refractivity contribution is 6.06. The Morgan fingerprint density at radius 1 is 1.26 bits per heavy atom. The number of methoxy groups -OCH3 is 1. The van der Waals surface area contributed by atoms with Gasteiger partial charge in [0.1, 0.15) is 11.6 Å². The van der Waals surface area contributed by atoms with Gasteiger partial charge in [0.25, 0.3) is 0 Å². The van der Waals surface area contributed by atoms with E-state index >= 15 is 0 Å². The molecule has 2 atom stereocenters. The molecule has 0 N–H and O–H groups in total. The molecular weight excluding hydrogens is 347 g/mol. The van der Waals surface area contributed by atoms with Crippen molar-refractivity contribution in [1.29, 1.82) is 0 Å². The van der Waals surface area contributed by atoms with Crippen molar-refractivity contribution in [1.82, 2.24) is 5.01 Å². The number of benzene rings is 2. The Labute approximate surface area is 157 Å². The Balaban J connectivity index is 1.79. The van der Waals surface area contributed by atoms with Gasteiger partial charge in [-0.1, -0.05) is 18.2 Å². The van der Waals surface area contributed by atoms with Gasteiger partial charge in [0, 0.05) is 11.5 Å². The molecule has 2 aromatic rings. The quantitative estimate of drug-likeness (QED) is 0.811. The number of nitrogens with zero attached hydrogens (tertiary/aromatic N) is 2. The summed E-state index contributed by atoms with van der Waals surface area (Å²) in [6, 6.07) is 11.9. The maximum atomic E-state index is 13.4. The molecule has 1 aliphatic heterocycles. The number of rotatable bonds is 3. The van der Waals surface area contributed by atoms with Crippen molar-refractivity contribution in [2.45, 2.75) is 25.8 Å². The van der Waals surface area contributed by atoms with Crippen LogP contribution in [0.15, 0.2) is 47.6 Å². The van der Waals surface area contributed by atoms with E-state index in [9.17, 15) is 9.18 Å². The van der Waals surface area contributed by atoms with E-state index in [0.717, 1.165) is 35.4 Å². The molecule has 0 fully saturated rings. The maximum absolute atomic E-state index is 13.4. The van der Waals surface area contributed by atoms with Gasteiger partial charge < -0.3 is 9.47 Å². The SMILES string of the molecule is CCOC(=O)N1N=C2c3cc(OC)ccc3CC[C@@H]2[C@@H]1c1ccc(F)cc1. The zero-order valence-electron chi connectivity index (χ0n) is 15.3. The zero-order chi connectivity index (χ0) is 19.0. The van der Waals surface area contributed by atoms with Crippen molar-refractivity contribution in [3.8, 4) is 5.75 Å². The maximum Gasteiger partial charge on any atom is 0.430 e. The number of amides is 1. The monoisotopic (exact) mass is 368 g/mol. The van der Waals surface area contributed by atoms with Gasteiger partial charge in [-0.25, -0.2) is 9.18 Å². The van der Waals surface area contributed by atoms with E-state index in [2.05, 4.69) is 5.10 Å². The van der Waals surface area contributed by atoms with E-state index in [4.69, 9.17) is 9.47 Å². The van der Waals surface area contributed by atoms with E-state index in [-0.39, 0.29) is 24.4 Å². The van der Waals surface area contributed by atoms with Gasteiger partial charge in [0.05, 0.1) is 25.5 Å². The van der Waals surface area contributed by atoms with Gasteiger partial charge >= 0.3 is 6.09 Å². The molecule has 0 saturated heterocycles. The molecule has 1 heterocycles. The number of carbonyl (C=O) groups is 1. The Kier molecular flexibility index (Phi) is 4.56. The average Bonchev–Trinajstić information content (AvgIpc) is 3.08. The van der Waals surface area contributed by atoms with Crippen LogP contribution in [0, 0.1) is 11.7 Å². The summed E-state index contributed by atoms with van der Waals surface area (Å²) >= 11 is 0. The van der Waals surface area contributed by atoms with Crippen molar-refractivity contribution in [3.63, 3.8) is 0 Å². The highest BCUT2D eigenvalue weighted by Gasteiger charge is 2.44. The molecular formula is C21H21FN2O3. The first kappa shape index (κ1) is 17.5. The van der Waals surface area contributed by atoms with Crippen LogP contribution in [0.25, 0.3) is 0 Å². The molecule has 5 nitrogen and oxygen atoms in total. The lowest BCUT2D eigenvalue weighted by Crippen LogP contribution is -2.32. The second-order valence-electron chi connectivity index (χ2n) is 6.69. The predicted molar refractivity (Wildman–Crippen MR) is 99.3 cm³/mol. The van der Waals surface area contributed by atoms with Crippen LogP contribution in [0.5, 0.6) is 5.75 Å². The Bertz CT molecular complexity index is 895. The second-order valence-corrected chi connectivity index (χ2v) is 6.69. The van der Waals surface area contributed by atoms with Crippen LogP contribution < -0.4 is 4.74 Å². The molecule has 27 heavy (non-hydrogen) atoms. The second kappa shape index (κ2) is 7.02. The first-order chi connectivity index (χ1) is 13.1. The number of hydrogen-bond acceptors (Lipinski definition) is 4. The molecule has 0 spiro atoms. The summed E-state index contributed by atoms with van der Waals surface area (Å²) in [5.41, 5.74) is 3.90. The van der Waals surface area contributed by atoms with Gasteiger partial charge in [0.2, 0.25) is 0 Å². The first-order valence-corrected chi connectivity index (χ1v) is 9.09. The van der Waals surface area contributed by atoms with Crippen LogP contribution in [0.4, 0.5) is 9.18 Å². The minimum Gasteiger partial charge on any atom is -0.497 e. The zero-order valence-corrected chi connectivity index (χ0v) is 15.3. The van der Waals surface area contributed by atoms with Gasteiger partial charge in [-0.3, -0.25) is 0 Å². The van der Waals surface area contributed by atoms with Crippen LogP contribution in [0.1, 0.15) is 36.1 Å². The average molecular weight is 368 g/mol. The van der Waals surface area contributed by atoms with E-state index < -0.39 is 6.09 Å². The Morgan fingerprint density at radius 2 is 2.04 bits per heavy atom. The largest absolute Gasteiger partial charge is 0.497 e. The normalized spacial score (nSPS) is 20.6. The number of aryl methyl sites for hydroxylation is 1. The van der Waals surface area contributed by atoms with E-state index in [1.807, 2.05) is 18.2 Å². The minimum atomic E-state index is -0.488. The highest BCUT2D eigenvalue weighted by Crippen LogP contribution is 2.44. The molecule has 0 unspecified atom stereocenters. The van der Waals surface area contributed by atoms with Gasteiger partial charge in [-0.2, -0.15) is 10.1 Å². The van der Waals surface area contributed by atoms with Crippen molar-refractivity contribution in [3.05, 3.63) is 65.0 Å². The summed E-state index contributed by atoms with van der Waals surface area (Å²) in [6.45, 7) is 2.03. The van der Waals surface area contributed by atoms with Gasteiger partial charge in [0.15, 0.2) is 0 Å². The molecule has 0 radical (unpaired) electrons. The molecule has 1 amide bonds. The van der Waals surface area contributed by atoms with Crippen molar-refractivity contribution >= 4 is 11.8 Å². The number of carbonyl (C=O) groups excluding carboxylic acids is 1. The third kappa shape index (κ3) is 3.05. The van der Waals surface area contributed by atoms with Crippen LogP contribution in [-0.4, -0.2) is 30.5 Å². The van der Waals surface area contributed by atoms with E-state index in [1.165, 1.54) is 22.7 Å². The number of ether oxygens (including phenoxy) is 2. The summed E-state index contributed by atoms with van der Waals surface area (Å²) in [4.78, 5) is 12.6.